The van der Waals surface area contributed by atoms with E-state index in [2.05, 4.69) is 0 Å². The molecule has 0 amide bonds. The van der Waals surface area contributed by atoms with Gasteiger partial charge in [0, 0.05) is 43.1 Å². The minimum absolute atomic E-state index is 0.00416. The highest BCUT2D eigenvalue weighted by Gasteiger charge is 2.40. The first-order valence-corrected chi connectivity index (χ1v) is 16.2. The molecule has 2 aromatic heterocycles. The van der Waals surface area contributed by atoms with Gasteiger partial charge in [-0.15, -0.1) is 0 Å². The number of hydrogen-bond donors (Lipinski definition) is 0. The number of hydrogen-bond acceptors (Lipinski definition) is 10. The summed E-state index contributed by atoms with van der Waals surface area (Å²) in [5.41, 5.74) is -2.95. The quantitative estimate of drug-likeness (QED) is 0.126. The second kappa shape index (κ2) is 10.4. The van der Waals surface area contributed by atoms with E-state index in [-0.39, 0.29) is 54.6 Å². The number of rotatable bonds is 4. The van der Waals surface area contributed by atoms with Crippen molar-refractivity contribution in [3.63, 3.8) is 0 Å². The Balaban J connectivity index is 1.81. The molecule has 0 saturated heterocycles. The largest absolute Gasteiger partial charge is 0.448 e. The van der Waals surface area contributed by atoms with E-state index in [1.807, 2.05) is 41.5 Å². The van der Waals surface area contributed by atoms with E-state index in [0.717, 1.165) is 11.1 Å². The van der Waals surface area contributed by atoms with Gasteiger partial charge in [-0.25, -0.2) is 0 Å². The van der Waals surface area contributed by atoms with E-state index in [4.69, 9.17) is 8.83 Å². The van der Waals surface area contributed by atoms with Crippen LogP contribution in [0.3, 0.4) is 0 Å². The standard InChI is InChI=1S/C38H28N4O10/c1-37(2,3)17-11-13-19-23(15-17)25-27-28-26-24-16-18(38(4,5)6)12-14-20(24)30(40(45)46)32(42(49)50)36(26)52-34(28)22-10-8-7-9-21(22)33(27)51-35(25)31(41(47)48)29(19)39(43)44/h7-16H,1-6H3. The zero-order valence-electron chi connectivity index (χ0n) is 28.6. The Morgan fingerprint density at radius 2 is 0.769 bits per heavy atom. The number of nitrogens with zero attached hydrogens (tertiary/aromatic N) is 4. The first-order valence-electron chi connectivity index (χ1n) is 16.2. The maximum absolute atomic E-state index is 12.8. The van der Waals surface area contributed by atoms with Crippen LogP contribution in [0, 0.1) is 40.5 Å². The Bertz CT molecular complexity index is 2790. The van der Waals surface area contributed by atoms with Crippen molar-refractivity contribution in [2.24, 2.45) is 0 Å². The summed E-state index contributed by atoms with van der Waals surface area (Å²) in [5, 5.41) is 53.1. The number of nitro groups is 4. The second-order valence-corrected chi connectivity index (χ2v) is 15.0. The third kappa shape index (κ3) is 4.30. The van der Waals surface area contributed by atoms with Crippen LogP contribution in [0.25, 0.3) is 76.2 Å². The monoisotopic (exact) mass is 700 g/mol. The zero-order valence-corrected chi connectivity index (χ0v) is 28.6. The summed E-state index contributed by atoms with van der Waals surface area (Å²) in [6.45, 7) is 11.7. The molecule has 0 radical (unpaired) electrons. The Labute approximate surface area is 291 Å². The Morgan fingerprint density at radius 3 is 1.08 bits per heavy atom. The van der Waals surface area contributed by atoms with Crippen molar-refractivity contribution < 1.29 is 28.5 Å². The minimum atomic E-state index is -0.848. The molecule has 0 aliphatic carbocycles. The lowest BCUT2D eigenvalue weighted by Crippen LogP contribution is -2.11. The van der Waals surface area contributed by atoms with Crippen LogP contribution in [0.5, 0.6) is 0 Å². The van der Waals surface area contributed by atoms with Crippen LogP contribution < -0.4 is 0 Å². The SMILES string of the molecule is CC(C)(C)c1ccc2c([N+](=O)[O-])c([N+](=O)[O-])c3oc4c5ccccc5c5oc6c([N+](=O)[O-])c([N+](=O)[O-])c7ccc(C(C)(C)C)cc7c6c5c4c3c2c1. The van der Waals surface area contributed by atoms with Crippen LogP contribution in [0.1, 0.15) is 52.7 Å². The maximum Gasteiger partial charge on any atom is 0.389 e. The molecule has 6 aromatic carbocycles. The van der Waals surface area contributed by atoms with Gasteiger partial charge in [-0.1, -0.05) is 77.9 Å². The topological polar surface area (TPSA) is 199 Å². The van der Waals surface area contributed by atoms with E-state index in [0.29, 0.717) is 21.5 Å². The van der Waals surface area contributed by atoms with Gasteiger partial charge in [-0.2, -0.15) is 0 Å². The van der Waals surface area contributed by atoms with Gasteiger partial charge in [0.05, 0.1) is 30.5 Å². The molecule has 260 valence electrons. The molecule has 0 fully saturated rings. The van der Waals surface area contributed by atoms with E-state index < -0.39 is 53.3 Å². The molecule has 0 unspecified atom stereocenters. The predicted molar refractivity (Wildman–Crippen MR) is 198 cm³/mol. The zero-order chi connectivity index (χ0) is 37.3. The molecule has 0 N–H and O–H groups in total. The van der Waals surface area contributed by atoms with Crippen molar-refractivity contribution >= 4 is 98.9 Å². The molecule has 2 heterocycles. The van der Waals surface area contributed by atoms with Gasteiger partial charge in [0.25, 0.3) is 0 Å². The predicted octanol–water partition coefficient (Wildman–Crippen LogP) is 11.2. The lowest BCUT2D eigenvalue weighted by molar-refractivity contribution is -0.420. The van der Waals surface area contributed by atoms with Gasteiger partial charge in [0.1, 0.15) is 11.2 Å². The lowest BCUT2D eigenvalue weighted by atomic mass is 9.84. The van der Waals surface area contributed by atoms with Crippen molar-refractivity contribution in [3.05, 3.63) is 112 Å². The van der Waals surface area contributed by atoms with Crippen LogP contribution in [0.4, 0.5) is 22.7 Å². The number of benzene rings is 6. The summed E-state index contributed by atoms with van der Waals surface area (Å²) in [6.07, 6.45) is 0. The molecule has 0 spiro atoms. The van der Waals surface area contributed by atoms with Gasteiger partial charge in [-0.05, 0) is 46.2 Å². The van der Waals surface area contributed by atoms with E-state index in [1.165, 1.54) is 12.1 Å². The van der Waals surface area contributed by atoms with Crippen LogP contribution in [-0.2, 0) is 10.8 Å². The van der Waals surface area contributed by atoms with Gasteiger partial charge in [0.2, 0.25) is 11.2 Å². The van der Waals surface area contributed by atoms with Gasteiger partial charge in [-0.3, -0.25) is 40.5 Å². The van der Waals surface area contributed by atoms with E-state index in [9.17, 15) is 40.5 Å². The molecule has 0 aliphatic heterocycles. The summed E-state index contributed by atoms with van der Waals surface area (Å²) in [5.74, 6) is 0. The van der Waals surface area contributed by atoms with Crippen molar-refractivity contribution in [2.45, 2.75) is 52.4 Å². The van der Waals surface area contributed by atoms with Gasteiger partial charge in [0.15, 0.2) is 0 Å². The first kappa shape index (κ1) is 32.5. The fourth-order valence-electron chi connectivity index (χ4n) is 7.47. The average Bonchev–Trinajstić information content (AvgIpc) is 3.65. The molecule has 0 saturated carbocycles. The molecule has 0 bridgehead atoms. The molecule has 14 heteroatoms. The third-order valence-electron chi connectivity index (χ3n) is 9.91. The molecule has 52 heavy (non-hydrogen) atoms. The van der Waals surface area contributed by atoms with Crippen molar-refractivity contribution in [3.8, 4) is 0 Å². The number of furan rings is 2. The van der Waals surface area contributed by atoms with Gasteiger partial charge < -0.3 is 8.83 Å². The number of fused-ring (bicyclic) bond motifs is 14. The normalized spacial score (nSPS) is 12.7. The smallest absolute Gasteiger partial charge is 0.389 e. The Morgan fingerprint density at radius 1 is 0.423 bits per heavy atom. The fourth-order valence-corrected chi connectivity index (χ4v) is 7.47. The summed E-state index contributed by atoms with van der Waals surface area (Å²) in [6, 6.07) is 16.6. The maximum atomic E-state index is 12.8. The van der Waals surface area contributed by atoms with Crippen LogP contribution in [-0.4, -0.2) is 19.7 Å². The molecular weight excluding hydrogens is 672 g/mol. The molecule has 0 atom stereocenters. The molecule has 0 aliphatic rings. The summed E-state index contributed by atoms with van der Waals surface area (Å²) in [7, 11) is 0. The third-order valence-corrected chi connectivity index (χ3v) is 9.91. The summed E-state index contributed by atoms with van der Waals surface area (Å²) >= 11 is 0. The van der Waals surface area contributed by atoms with Crippen molar-refractivity contribution in [1.29, 1.82) is 0 Å². The van der Waals surface area contributed by atoms with Gasteiger partial charge >= 0.3 is 22.7 Å². The van der Waals surface area contributed by atoms with Crippen molar-refractivity contribution in [2.75, 3.05) is 0 Å². The highest BCUT2D eigenvalue weighted by atomic mass is 16.6. The molecular formula is C38H28N4O10. The van der Waals surface area contributed by atoms with Crippen molar-refractivity contribution in [1.82, 2.24) is 0 Å². The van der Waals surface area contributed by atoms with E-state index in [1.54, 1.807) is 48.5 Å². The summed E-state index contributed by atoms with van der Waals surface area (Å²) in [4.78, 5) is 47.5. The fraction of sp³-hybridized carbons (Fsp3) is 0.211. The van der Waals surface area contributed by atoms with Crippen LogP contribution in [0.2, 0.25) is 0 Å². The summed E-state index contributed by atoms with van der Waals surface area (Å²) < 4.78 is 12.8. The lowest BCUT2D eigenvalue weighted by Gasteiger charge is -2.19. The molecule has 8 aromatic rings. The van der Waals surface area contributed by atoms with E-state index >= 15 is 0 Å². The number of nitro benzene ring substituents is 4. The van der Waals surface area contributed by atoms with Crippen LogP contribution >= 0.6 is 0 Å². The van der Waals surface area contributed by atoms with Crippen LogP contribution in [0.15, 0.2) is 69.5 Å². The Hall–Kier alpha value is -6.70. The first-order chi connectivity index (χ1) is 24.4. The minimum Gasteiger partial charge on any atom is -0.448 e. The molecule has 8 rings (SSSR count). The molecule has 14 nitrogen and oxygen atoms in total. The average molecular weight is 701 g/mol. The highest BCUT2D eigenvalue weighted by Crippen LogP contribution is 2.55. The Kier molecular flexibility index (Phi) is 6.51. The highest BCUT2D eigenvalue weighted by molar-refractivity contribution is 6.41. The second-order valence-electron chi connectivity index (χ2n) is 15.0.